The van der Waals surface area contributed by atoms with E-state index in [9.17, 15) is 0 Å². The molecule has 2 nitrogen and oxygen atoms in total. The predicted molar refractivity (Wildman–Crippen MR) is 108 cm³/mol. The summed E-state index contributed by atoms with van der Waals surface area (Å²) >= 11 is 2.45. The van der Waals surface area contributed by atoms with Crippen LogP contribution in [0.3, 0.4) is 0 Å². The zero-order chi connectivity index (χ0) is 16.4. The first-order chi connectivity index (χ1) is 11.8. The van der Waals surface area contributed by atoms with Gasteiger partial charge in [-0.05, 0) is 78.1 Å². The number of halogens is 1. The highest BCUT2D eigenvalue weighted by Gasteiger charge is 2.41. The summed E-state index contributed by atoms with van der Waals surface area (Å²) in [5, 5.41) is 3.93. The Hall–Kier alpha value is -0.910. The smallest absolute Gasteiger partial charge is 0.0292 e. The highest BCUT2D eigenvalue weighted by molar-refractivity contribution is 14.1. The standard InChI is InChI=1S/C21H25IN2/c22-19-9-5-4-8-18(19)15-23-21-17-10-12-24(13-11-17)20(21)14-16-6-2-1-3-7-16/h1-9,17,20-21,23H,10-15H2/t20-,21-/m1/s1. The molecule has 3 saturated heterocycles. The fraction of sp³-hybridized carbons (Fsp3) is 0.429. The zero-order valence-corrected chi connectivity index (χ0v) is 16.2. The van der Waals surface area contributed by atoms with E-state index in [1.807, 2.05) is 0 Å². The van der Waals surface area contributed by atoms with Crippen LogP contribution < -0.4 is 5.32 Å². The second-order valence-electron chi connectivity index (χ2n) is 7.13. The maximum atomic E-state index is 3.93. The van der Waals surface area contributed by atoms with Gasteiger partial charge in [0.1, 0.15) is 0 Å². The quantitative estimate of drug-likeness (QED) is 0.717. The van der Waals surface area contributed by atoms with Gasteiger partial charge in [0.05, 0.1) is 0 Å². The van der Waals surface area contributed by atoms with Crippen LogP contribution in [0.4, 0.5) is 0 Å². The van der Waals surface area contributed by atoms with Gasteiger partial charge in [-0.1, -0.05) is 48.5 Å². The van der Waals surface area contributed by atoms with E-state index in [0.29, 0.717) is 12.1 Å². The number of hydrogen-bond acceptors (Lipinski definition) is 2. The van der Waals surface area contributed by atoms with Gasteiger partial charge in [0.15, 0.2) is 0 Å². The first-order valence-corrected chi connectivity index (χ1v) is 10.1. The van der Waals surface area contributed by atoms with Gasteiger partial charge in [-0.2, -0.15) is 0 Å². The van der Waals surface area contributed by atoms with Crippen LogP contribution in [-0.4, -0.2) is 30.1 Å². The average molecular weight is 432 g/mol. The average Bonchev–Trinajstić information content (AvgIpc) is 2.64. The number of nitrogens with zero attached hydrogens (tertiary/aromatic N) is 1. The third kappa shape index (κ3) is 3.53. The lowest BCUT2D eigenvalue weighted by molar-refractivity contribution is 0.0127. The van der Waals surface area contributed by atoms with Gasteiger partial charge in [0.2, 0.25) is 0 Å². The summed E-state index contributed by atoms with van der Waals surface area (Å²) in [6.45, 7) is 3.55. The Morgan fingerprint density at radius 2 is 1.67 bits per heavy atom. The molecule has 3 heteroatoms. The molecule has 3 aliphatic heterocycles. The minimum Gasteiger partial charge on any atom is -0.308 e. The minimum absolute atomic E-state index is 0.615. The maximum Gasteiger partial charge on any atom is 0.0292 e. The molecule has 0 unspecified atom stereocenters. The van der Waals surface area contributed by atoms with Crippen LogP contribution >= 0.6 is 22.6 Å². The lowest BCUT2D eigenvalue weighted by Gasteiger charge is -2.51. The van der Waals surface area contributed by atoms with Crippen molar-refractivity contribution in [1.82, 2.24) is 10.2 Å². The SMILES string of the molecule is Ic1ccccc1CN[C@@H]1C2CCN(CC2)[C@@H]1Cc1ccccc1. The molecule has 0 radical (unpaired) electrons. The molecule has 5 rings (SSSR count). The molecule has 0 aromatic heterocycles. The molecule has 24 heavy (non-hydrogen) atoms. The highest BCUT2D eigenvalue weighted by atomic mass is 127. The molecule has 3 aliphatic rings. The molecule has 3 heterocycles. The Morgan fingerprint density at radius 3 is 2.42 bits per heavy atom. The monoisotopic (exact) mass is 432 g/mol. The van der Waals surface area contributed by atoms with E-state index < -0.39 is 0 Å². The number of piperidine rings is 3. The molecule has 2 aromatic rings. The second kappa shape index (κ2) is 7.54. The fourth-order valence-electron chi connectivity index (χ4n) is 4.44. The fourth-order valence-corrected chi connectivity index (χ4v) is 5.01. The highest BCUT2D eigenvalue weighted by Crippen LogP contribution is 2.34. The van der Waals surface area contributed by atoms with Crippen LogP contribution in [0.15, 0.2) is 54.6 Å². The summed E-state index contributed by atoms with van der Waals surface area (Å²) in [5.41, 5.74) is 2.89. The summed E-state index contributed by atoms with van der Waals surface area (Å²) in [6.07, 6.45) is 3.88. The van der Waals surface area contributed by atoms with Crippen molar-refractivity contribution in [2.24, 2.45) is 5.92 Å². The Morgan fingerprint density at radius 1 is 0.958 bits per heavy atom. The van der Waals surface area contributed by atoms with Crippen LogP contribution in [0.5, 0.6) is 0 Å². The van der Waals surface area contributed by atoms with Crippen molar-refractivity contribution in [3.63, 3.8) is 0 Å². The van der Waals surface area contributed by atoms with Gasteiger partial charge in [0, 0.05) is 22.2 Å². The van der Waals surface area contributed by atoms with E-state index in [2.05, 4.69) is 87.4 Å². The van der Waals surface area contributed by atoms with Gasteiger partial charge in [0.25, 0.3) is 0 Å². The third-order valence-electron chi connectivity index (χ3n) is 5.74. The van der Waals surface area contributed by atoms with Gasteiger partial charge >= 0.3 is 0 Å². The first-order valence-electron chi connectivity index (χ1n) is 9.06. The Labute approximate surface area is 158 Å². The van der Waals surface area contributed by atoms with Crippen LogP contribution in [0.2, 0.25) is 0 Å². The maximum absolute atomic E-state index is 3.93. The van der Waals surface area contributed by atoms with Crippen LogP contribution in [0, 0.1) is 9.49 Å². The molecular formula is C21H25IN2. The van der Waals surface area contributed by atoms with E-state index in [0.717, 1.165) is 12.5 Å². The molecule has 0 amide bonds. The van der Waals surface area contributed by atoms with Crippen molar-refractivity contribution in [1.29, 1.82) is 0 Å². The van der Waals surface area contributed by atoms with Crippen molar-refractivity contribution in [2.45, 2.75) is 37.9 Å². The van der Waals surface area contributed by atoms with Gasteiger partial charge < -0.3 is 5.32 Å². The number of rotatable bonds is 5. The Balaban J connectivity index is 1.49. The van der Waals surface area contributed by atoms with Gasteiger partial charge in [-0.25, -0.2) is 0 Å². The van der Waals surface area contributed by atoms with E-state index >= 15 is 0 Å². The first kappa shape index (κ1) is 16.6. The van der Waals surface area contributed by atoms with Crippen molar-refractivity contribution in [2.75, 3.05) is 13.1 Å². The molecule has 126 valence electrons. The normalized spacial score (nSPS) is 28.9. The van der Waals surface area contributed by atoms with Crippen molar-refractivity contribution in [3.05, 3.63) is 69.3 Å². The zero-order valence-electron chi connectivity index (χ0n) is 14.0. The number of hydrogen-bond donors (Lipinski definition) is 1. The molecule has 3 fully saturated rings. The summed E-state index contributed by atoms with van der Waals surface area (Å²) in [5.74, 6) is 0.838. The number of fused-ring (bicyclic) bond motifs is 3. The van der Waals surface area contributed by atoms with E-state index in [-0.39, 0.29) is 0 Å². The predicted octanol–water partition coefficient (Wildman–Crippen LogP) is 4.09. The van der Waals surface area contributed by atoms with Crippen molar-refractivity contribution in [3.8, 4) is 0 Å². The summed E-state index contributed by atoms with van der Waals surface area (Å²) in [4.78, 5) is 2.72. The van der Waals surface area contributed by atoms with E-state index in [4.69, 9.17) is 0 Å². The molecular weight excluding hydrogens is 407 g/mol. The number of nitrogens with one attached hydrogen (secondary N) is 1. The molecule has 0 aliphatic carbocycles. The second-order valence-corrected chi connectivity index (χ2v) is 8.29. The number of benzene rings is 2. The van der Waals surface area contributed by atoms with E-state index in [1.54, 1.807) is 0 Å². The van der Waals surface area contributed by atoms with Gasteiger partial charge in [-0.15, -0.1) is 0 Å². The Kier molecular flexibility index (Phi) is 5.20. The lowest BCUT2D eigenvalue weighted by atomic mass is 9.76. The van der Waals surface area contributed by atoms with E-state index in [1.165, 1.54) is 47.0 Å². The van der Waals surface area contributed by atoms with Crippen LogP contribution in [0.1, 0.15) is 24.0 Å². The largest absolute Gasteiger partial charge is 0.308 e. The van der Waals surface area contributed by atoms with Gasteiger partial charge in [-0.3, -0.25) is 4.90 Å². The Bertz CT molecular complexity index is 665. The van der Waals surface area contributed by atoms with Crippen LogP contribution in [0.25, 0.3) is 0 Å². The lowest BCUT2D eigenvalue weighted by Crippen LogP contribution is -2.63. The van der Waals surface area contributed by atoms with Crippen molar-refractivity contribution < 1.29 is 0 Å². The molecule has 2 aromatic carbocycles. The molecule has 2 atom stereocenters. The molecule has 1 N–H and O–H groups in total. The summed E-state index contributed by atoms with van der Waals surface area (Å²) in [7, 11) is 0. The summed E-state index contributed by atoms with van der Waals surface area (Å²) in [6, 6.07) is 21.0. The summed E-state index contributed by atoms with van der Waals surface area (Å²) < 4.78 is 1.36. The topological polar surface area (TPSA) is 15.3 Å². The molecule has 2 bridgehead atoms. The molecule has 0 spiro atoms. The molecule has 0 saturated carbocycles. The van der Waals surface area contributed by atoms with Crippen molar-refractivity contribution >= 4 is 22.6 Å². The minimum atomic E-state index is 0.615. The third-order valence-corrected chi connectivity index (χ3v) is 6.79. The van der Waals surface area contributed by atoms with Crippen LogP contribution in [-0.2, 0) is 13.0 Å².